The van der Waals surface area contributed by atoms with Crippen LogP contribution in [0.1, 0.15) is 17.4 Å². The first-order chi connectivity index (χ1) is 15.8. The van der Waals surface area contributed by atoms with Crippen molar-refractivity contribution in [1.29, 1.82) is 0 Å². The summed E-state index contributed by atoms with van der Waals surface area (Å²) < 4.78 is 0. The van der Waals surface area contributed by atoms with Gasteiger partial charge in [0.2, 0.25) is 0 Å². The van der Waals surface area contributed by atoms with Crippen molar-refractivity contribution in [1.82, 2.24) is 9.97 Å². The molecule has 0 radical (unpaired) electrons. The van der Waals surface area contributed by atoms with Gasteiger partial charge in [-0.15, -0.1) is 0 Å². The highest BCUT2D eigenvalue weighted by Crippen LogP contribution is 2.27. The Labute approximate surface area is 196 Å². The molecule has 0 bridgehead atoms. The van der Waals surface area contributed by atoms with E-state index in [2.05, 4.69) is 20.5 Å². The van der Waals surface area contributed by atoms with Crippen molar-refractivity contribution in [2.24, 2.45) is 5.10 Å². The average molecular weight is 484 g/mol. The van der Waals surface area contributed by atoms with E-state index in [1.54, 1.807) is 30.3 Å². The number of aromatic nitrogens is 2. The molecule has 0 aliphatic rings. The van der Waals surface area contributed by atoms with Crippen molar-refractivity contribution in [3.63, 3.8) is 0 Å². The fourth-order valence-electron chi connectivity index (χ4n) is 3.08. The summed E-state index contributed by atoms with van der Waals surface area (Å²) in [6, 6.07) is 17.3. The maximum absolute atomic E-state index is 12.9. The lowest BCUT2D eigenvalue weighted by atomic mass is 10.0. The lowest BCUT2D eigenvalue weighted by Gasteiger charge is -2.15. The summed E-state index contributed by atoms with van der Waals surface area (Å²) in [5, 5.41) is 26.9. The number of hydrogen-bond donors (Lipinski definition) is 3. The van der Waals surface area contributed by atoms with E-state index in [1.165, 1.54) is 30.3 Å². The van der Waals surface area contributed by atoms with Gasteiger partial charge in [-0.3, -0.25) is 20.3 Å². The Morgan fingerprint density at radius 3 is 2.55 bits per heavy atom. The minimum absolute atomic E-state index is 0.0845. The summed E-state index contributed by atoms with van der Waals surface area (Å²) in [7, 11) is 0. The molecule has 3 N–H and O–H groups in total. The van der Waals surface area contributed by atoms with Crippen molar-refractivity contribution in [3.8, 4) is 0 Å². The highest BCUT2D eigenvalue weighted by atomic mass is 35.5. The van der Waals surface area contributed by atoms with Crippen LogP contribution in [-0.4, -0.2) is 25.7 Å². The number of non-ortho nitro benzene ring substituents is 1. The van der Waals surface area contributed by atoms with E-state index >= 15 is 0 Å². The molecular formula is C22H15Cl2N5O4. The van der Waals surface area contributed by atoms with Crippen LogP contribution >= 0.6 is 23.2 Å². The fraction of sp³-hybridized carbons (Fsp3) is 0.0455. The van der Waals surface area contributed by atoms with Gasteiger partial charge in [-0.25, -0.2) is 4.98 Å². The number of anilines is 1. The van der Waals surface area contributed by atoms with Crippen molar-refractivity contribution >= 4 is 51.3 Å². The number of hydrazone groups is 1. The third-order valence-corrected chi connectivity index (χ3v) is 5.47. The minimum atomic E-state index is -1.39. The summed E-state index contributed by atoms with van der Waals surface area (Å²) >= 11 is 12.1. The van der Waals surface area contributed by atoms with Gasteiger partial charge in [0.05, 0.1) is 31.7 Å². The zero-order valence-electron chi connectivity index (χ0n) is 16.7. The lowest BCUT2D eigenvalue weighted by Crippen LogP contribution is -2.26. The second-order valence-corrected chi connectivity index (χ2v) is 7.74. The summed E-state index contributed by atoms with van der Waals surface area (Å²) in [6.07, 6.45) is -1.39. The van der Waals surface area contributed by atoms with Crippen molar-refractivity contribution < 1.29 is 10.0 Å². The van der Waals surface area contributed by atoms with Gasteiger partial charge in [-0.05, 0) is 35.9 Å². The zero-order chi connectivity index (χ0) is 23.5. The standard InChI is InChI=1S/C22H15Cl2N5O4/c23-15-8-6-12(10-16(15)24)21(30)19(28-27-13-4-2-1-3-5-13)20-22(31)26-18-11-14(29(32)33)7-9-17(18)25-20/h1-11,21,27,30H,(H,26,31)/b28-19+/t21-/m0/s1. The van der Waals surface area contributed by atoms with E-state index in [9.17, 15) is 20.0 Å². The number of nitro benzene ring substituents is 1. The van der Waals surface area contributed by atoms with Crippen LogP contribution in [0.15, 0.2) is 76.6 Å². The molecule has 166 valence electrons. The molecule has 0 aliphatic heterocycles. The van der Waals surface area contributed by atoms with Gasteiger partial charge in [0.1, 0.15) is 11.8 Å². The van der Waals surface area contributed by atoms with Gasteiger partial charge in [0.15, 0.2) is 5.69 Å². The second kappa shape index (κ2) is 9.37. The van der Waals surface area contributed by atoms with Crippen LogP contribution in [0.3, 0.4) is 0 Å². The predicted molar refractivity (Wildman–Crippen MR) is 127 cm³/mol. The number of aliphatic hydroxyl groups is 1. The Balaban J connectivity index is 1.84. The van der Waals surface area contributed by atoms with Gasteiger partial charge in [-0.2, -0.15) is 5.10 Å². The molecule has 0 amide bonds. The van der Waals surface area contributed by atoms with Gasteiger partial charge < -0.3 is 10.1 Å². The Bertz CT molecular complexity index is 1440. The number of benzene rings is 3. The lowest BCUT2D eigenvalue weighted by molar-refractivity contribution is -0.384. The molecule has 0 saturated carbocycles. The maximum Gasteiger partial charge on any atom is 0.276 e. The zero-order valence-corrected chi connectivity index (χ0v) is 18.2. The van der Waals surface area contributed by atoms with Crippen LogP contribution in [0.5, 0.6) is 0 Å². The molecule has 0 spiro atoms. The number of fused-ring (bicyclic) bond motifs is 1. The first-order valence-corrected chi connectivity index (χ1v) is 10.3. The molecule has 1 atom stereocenters. The Morgan fingerprint density at radius 2 is 1.85 bits per heavy atom. The summed E-state index contributed by atoms with van der Waals surface area (Å²) in [6.45, 7) is 0. The molecule has 0 aliphatic carbocycles. The number of para-hydroxylation sites is 1. The number of aromatic amines is 1. The molecule has 0 saturated heterocycles. The largest absolute Gasteiger partial charge is 0.382 e. The number of rotatable bonds is 6. The van der Waals surface area contributed by atoms with Gasteiger partial charge in [-0.1, -0.05) is 47.5 Å². The molecule has 11 heteroatoms. The van der Waals surface area contributed by atoms with Crippen LogP contribution < -0.4 is 11.0 Å². The highest BCUT2D eigenvalue weighted by Gasteiger charge is 2.23. The van der Waals surface area contributed by atoms with Gasteiger partial charge in [0.25, 0.3) is 11.2 Å². The number of hydrogen-bond acceptors (Lipinski definition) is 7. The number of nitrogens with zero attached hydrogens (tertiary/aromatic N) is 3. The molecule has 3 aromatic carbocycles. The van der Waals surface area contributed by atoms with E-state index < -0.39 is 16.6 Å². The van der Waals surface area contributed by atoms with Crippen LogP contribution in [0.2, 0.25) is 10.0 Å². The quantitative estimate of drug-likeness (QED) is 0.207. The monoisotopic (exact) mass is 483 g/mol. The Kier molecular flexibility index (Phi) is 6.36. The number of nitrogens with one attached hydrogen (secondary N) is 2. The van der Waals surface area contributed by atoms with Crippen LogP contribution in [0.25, 0.3) is 11.0 Å². The van der Waals surface area contributed by atoms with Crippen molar-refractivity contribution in [3.05, 3.63) is 109 Å². The average Bonchev–Trinajstić information content (AvgIpc) is 2.81. The predicted octanol–water partition coefficient (Wildman–Crippen LogP) is 4.69. The van der Waals surface area contributed by atoms with Crippen molar-refractivity contribution in [2.75, 3.05) is 5.43 Å². The van der Waals surface area contributed by atoms with E-state index in [1.807, 2.05) is 6.07 Å². The molecule has 0 fully saturated rings. The molecule has 9 nitrogen and oxygen atoms in total. The normalized spacial score (nSPS) is 12.5. The van der Waals surface area contributed by atoms with Crippen LogP contribution in [0, 0.1) is 10.1 Å². The third-order valence-electron chi connectivity index (χ3n) is 4.73. The number of H-pyrrole nitrogens is 1. The van der Waals surface area contributed by atoms with Crippen LogP contribution in [0.4, 0.5) is 11.4 Å². The second-order valence-electron chi connectivity index (χ2n) is 6.92. The summed E-state index contributed by atoms with van der Waals surface area (Å²) in [4.78, 5) is 30.2. The third kappa shape index (κ3) is 4.85. The molecule has 4 aromatic rings. The van der Waals surface area contributed by atoms with E-state index in [0.717, 1.165) is 0 Å². The number of halogens is 2. The Morgan fingerprint density at radius 1 is 1.09 bits per heavy atom. The minimum Gasteiger partial charge on any atom is -0.382 e. The topological polar surface area (TPSA) is 134 Å². The van der Waals surface area contributed by atoms with Gasteiger partial charge in [0, 0.05) is 12.1 Å². The molecule has 0 unspecified atom stereocenters. The fourth-order valence-corrected chi connectivity index (χ4v) is 3.39. The maximum atomic E-state index is 12.9. The number of aliphatic hydroxyl groups excluding tert-OH is 1. The van der Waals surface area contributed by atoms with Gasteiger partial charge >= 0.3 is 0 Å². The number of nitro groups is 1. The molecular weight excluding hydrogens is 469 g/mol. The first kappa shape index (κ1) is 22.4. The molecule has 1 heterocycles. The SMILES string of the molecule is O=c1[nH]c2cc([N+](=O)[O-])ccc2nc1/C(=N\Nc1ccccc1)[C@@H](O)c1ccc(Cl)c(Cl)c1. The summed E-state index contributed by atoms with van der Waals surface area (Å²) in [5.74, 6) is 0. The van der Waals surface area contributed by atoms with E-state index in [-0.39, 0.29) is 33.1 Å². The molecule has 1 aromatic heterocycles. The van der Waals surface area contributed by atoms with Crippen LogP contribution in [-0.2, 0) is 0 Å². The summed E-state index contributed by atoms with van der Waals surface area (Å²) in [5.41, 5.74) is 3.09. The first-order valence-electron chi connectivity index (χ1n) is 9.54. The van der Waals surface area contributed by atoms with E-state index in [0.29, 0.717) is 16.3 Å². The van der Waals surface area contributed by atoms with E-state index in [4.69, 9.17) is 23.2 Å². The smallest absolute Gasteiger partial charge is 0.276 e. The van der Waals surface area contributed by atoms with Crippen molar-refractivity contribution in [2.45, 2.75) is 6.10 Å². The highest BCUT2D eigenvalue weighted by molar-refractivity contribution is 6.42. The molecule has 4 rings (SSSR count). The Hall–Kier alpha value is -3.79. The molecule has 33 heavy (non-hydrogen) atoms.